The number of aromatic nitrogens is 2. The van der Waals surface area contributed by atoms with Crippen LogP contribution in [0.15, 0.2) is 12.5 Å². The van der Waals surface area contributed by atoms with Crippen LogP contribution in [-0.4, -0.2) is 59.1 Å². The monoisotopic (exact) mass is 253 g/mol. The molecule has 1 unspecified atom stereocenters. The quantitative estimate of drug-likeness (QED) is 0.738. The summed E-state index contributed by atoms with van der Waals surface area (Å²) in [6, 6.07) is 0.532. The van der Waals surface area contributed by atoms with Gasteiger partial charge in [-0.15, -0.1) is 0 Å². The minimum atomic E-state index is 0.532. The fourth-order valence-corrected chi connectivity index (χ4v) is 2.19. The molecule has 0 aromatic carbocycles. The Morgan fingerprint density at radius 2 is 2.17 bits per heavy atom. The number of imidazole rings is 1. The van der Waals surface area contributed by atoms with Crippen molar-refractivity contribution in [1.29, 1.82) is 0 Å². The van der Waals surface area contributed by atoms with E-state index < -0.39 is 0 Å². The van der Waals surface area contributed by atoms with E-state index in [1.54, 1.807) is 0 Å². The smallest absolute Gasteiger partial charge is 0.0950 e. The number of rotatable bonds is 8. The van der Waals surface area contributed by atoms with Crippen LogP contribution in [0.3, 0.4) is 0 Å². The van der Waals surface area contributed by atoms with Crippen LogP contribution in [0.2, 0.25) is 0 Å². The Kier molecular flexibility index (Phi) is 6.32. The van der Waals surface area contributed by atoms with Crippen molar-refractivity contribution < 1.29 is 0 Å². The summed E-state index contributed by atoms with van der Waals surface area (Å²) in [5, 5.41) is 0. The molecule has 1 aromatic heterocycles. The number of hydrogen-bond acceptors (Lipinski definition) is 4. The molecule has 0 aliphatic carbocycles. The fourth-order valence-electron chi connectivity index (χ4n) is 2.19. The number of nitrogens with two attached hydrogens (primary N) is 1. The molecule has 1 rings (SSSR count). The number of nitrogens with zero attached hydrogens (tertiary/aromatic N) is 4. The molecule has 0 fully saturated rings. The Balaban J connectivity index is 2.55. The van der Waals surface area contributed by atoms with E-state index in [1.165, 1.54) is 0 Å². The van der Waals surface area contributed by atoms with Crippen LogP contribution in [0.1, 0.15) is 19.5 Å². The Morgan fingerprint density at radius 1 is 1.44 bits per heavy atom. The zero-order chi connectivity index (χ0) is 13.5. The average Bonchev–Trinajstić information content (AvgIpc) is 2.73. The SMILES string of the molecule is CCN(Cc1cn(CCN)cn1)C(C)CN(C)C. The van der Waals surface area contributed by atoms with E-state index in [1.807, 2.05) is 6.33 Å². The van der Waals surface area contributed by atoms with Crippen molar-refractivity contribution in [1.82, 2.24) is 19.4 Å². The van der Waals surface area contributed by atoms with E-state index >= 15 is 0 Å². The molecule has 0 radical (unpaired) electrons. The molecule has 0 bridgehead atoms. The van der Waals surface area contributed by atoms with Crippen molar-refractivity contribution in [3.8, 4) is 0 Å². The molecular formula is C13H27N5. The van der Waals surface area contributed by atoms with Crippen molar-refractivity contribution in [3.63, 3.8) is 0 Å². The van der Waals surface area contributed by atoms with Crippen molar-refractivity contribution in [2.45, 2.75) is 33.0 Å². The van der Waals surface area contributed by atoms with Gasteiger partial charge in [-0.05, 0) is 27.6 Å². The van der Waals surface area contributed by atoms with Crippen LogP contribution in [0.25, 0.3) is 0 Å². The molecule has 5 heteroatoms. The minimum Gasteiger partial charge on any atom is -0.336 e. The second kappa shape index (κ2) is 7.51. The predicted octanol–water partition coefficient (Wildman–Crippen LogP) is 0.614. The summed E-state index contributed by atoms with van der Waals surface area (Å²) in [5.41, 5.74) is 6.66. The largest absolute Gasteiger partial charge is 0.336 e. The van der Waals surface area contributed by atoms with E-state index in [0.717, 1.165) is 31.9 Å². The minimum absolute atomic E-state index is 0.532. The van der Waals surface area contributed by atoms with Crippen molar-refractivity contribution in [3.05, 3.63) is 18.2 Å². The average molecular weight is 253 g/mol. The lowest BCUT2D eigenvalue weighted by atomic mass is 10.2. The van der Waals surface area contributed by atoms with Crippen LogP contribution in [0.5, 0.6) is 0 Å². The third kappa shape index (κ3) is 4.76. The first-order valence-electron chi connectivity index (χ1n) is 6.66. The maximum atomic E-state index is 5.54. The lowest BCUT2D eigenvalue weighted by Crippen LogP contribution is -2.39. The van der Waals surface area contributed by atoms with Crippen LogP contribution in [-0.2, 0) is 13.1 Å². The summed E-state index contributed by atoms with van der Waals surface area (Å²) in [7, 11) is 4.22. The summed E-state index contributed by atoms with van der Waals surface area (Å²) in [6.45, 7) is 8.97. The third-order valence-corrected chi connectivity index (χ3v) is 3.10. The standard InChI is InChI=1S/C13H27N5/c1-5-18(12(2)8-16(3)4)10-13-9-17(7-6-14)11-15-13/h9,11-12H,5-8,10,14H2,1-4H3. The zero-order valence-corrected chi connectivity index (χ0v) is 12.1. The van der Waals surface area contributed by atoms with Crippen LogP contribution in [0, 0.1) is 0 Å². The molecular weight excluding hydrogens is 226 g/mol. The van der Waals surface area contributed by atoms with Gasteiger partial charge in [0.05, 0.1) is 12.0 Å². The first kappa shape index (κ1) is 15.1. The van der Waals surface area contributed by atoms with Gasteiger partial charge in [-0.3, -0.25) is 4.90 Å². The van der Waals surface area contributed by atoms with Gasteiger partial charge < -0.3 is 15.2 Å². The normalized spacial score (nSPS) is 13.5. The summed E-state index contributed by atoms with van der Waals surface area (Å²) in [6.07, 6.45) is 3.96. The van der Waals surface area contributed by atoms with Gasteiger partial charge in [-0.25, -0.2) is 4.98 Å². The summed E-state index contributed by atoms with van der Waals surface area (Å²) in [4.78, 5) is 9.10. The molecule has 1 aromatic rings. The maximum Gasteiger partial charge on any atom is 0.0950 e. The van der Waals surface area contributed by atoms with E-state index in [9.17, 15) is 0 Å². The van der Waals surface area contributed by atoms with E-state index in [0.29, 0.717) is 12.6 Å². The van der Waals surface area contributed by atoms with Gasteiger partial charge in [0.25, 0.3) is 0 Å². The van der Waals surface area contributed by atoms with Crippen LogP contribution < -0.4 is 5.73 Å². The molecule has 0 spiro atoms. The Labute approximate surface area is 111 Å². The topological polar surface area (TPSA) is 50.3 Å². The van der Waals surface area contributed by atoms with E-state index in [2.05, 4.69) is 53.5 Å². The molecule has 0 saturated heterocycles. The molecule has 0 aliphatic rings. The maximum absolute atomic E-state index is 5.54. The third-order valence-electron chi connectivity index (χ3n) is 3.10. The summed E-state index contributed by atoms with van der Waals surface area (Å²) in [5.74, 6) is 0. The lowest BCUT2D eigenvalue weighted by Gasteiger charge is -2.29. The van der Waals surface area contributed by atoms with Gasteiger partial charge >= 0.3 is 0 Å². The molecule has 104 valence electrons. The van der Waals surface area contributed by atoms with Crippen LogP contribution in [0.4, 0.5) is 0 Å². The first-order chi connectivity index (χ1) is 8.56. The van der Waals surface area contributed by atoms with E-state index in [-0.39, 0.29) is 0 Å². The fraction of sp³-hybridized carbons (Fsp3) is 0.769. The first-order valence-corrected chi connectivity index (χ1v) is 6.66. The molecule has 1 heterocycles. The number of likely N-dealkylation sites (N-methyl/N-ethyl adjacent to an activating group) is 2. The molecule has 0 aliphatic heterocycles. The second-order valence-electron chi connectivity index (χ2n) is 5.07. The molecule has 2 N–H and O–H groups in total. The Hall–Kier alpha value is -0.910. The van der Waals surface area contributed by atoms with E-state index in [4.69, 9.17) is 5.73 Å². The second-order valence-corrected chi connectivity index (χ2v) is 5.07. The van der Waals surface area contributed by atoms with Crippen LogP contribution >= 0.6 is 0 Å². The van der Waals surface area contributed by atoms with Gasteiger partial charge in [0, 0.05) is 38.4 Å². The Bertz CT molecular complexity index is 334. The highest BCUT2D eigenvalue weighted by atomic mass is 15.2. The molecule has 5 nitrogen and oxygen atoms in total. The van der Waals surface area contributed by atoms with Gasteiger partial charge in [0.1, 0.15) is 0 Å². The highest BCUT2D eigenvalue weighted by Gasteiger charge is 2.14. The summed E-state index contributed by atoms with van der Waals surface area (Å²) >= 11 is 0. The van der Waals surface area contributed by atoms with Crippen molar-refractivity contribution >= 4 is 0 Å². The zero-order valence-electron chi connectivity index (χ0n) is 12.1. The molecule has 18 heavy (non-hydrogen) atoms. The van der Waals surface area contributed by atoms with Gasteiger partial charge in [0.2, 0.25) is 0 Å². The highest BCUT2D eigenvalue weighted by molar-refractivity contribution is 4.97. The van der Waals surface area contributed by atoms with Crippen molar-refractivity contribution in [2.75, 3.05) is 33.7 Å². The molecule has 0 saturated carbocycles. The molecule has 0 amide bonds. The van der Waals surface area contributed by atoms with Gasteiger partial charge in [0.15, 0.2) is 0 Å². The molecule has 1 atom stereocenters. The Morgan fingerprint density at radius 3 is 2.72 bits per heavy atom. The lowest BCUT2D eigenvalue weighted by molar-refractivity contribution is 0.172. The van der Waals surface area contributed by atoms with Gasteiger partial charge in [-0.1, -0.05) is 6.92 Å². The number of hydrogen-bond donors (Lipinski definition) is 1. The van der Waals surface area contributed by atoms with Gasteiger partial charge in [-0.2, -0.15) is 0 Å². The predicted molar refractivity (Wildman–Crippen MR) is 75.4 cm³/mol. The van der Waals surface area contributed by atoms with Crippen molar-refractivity contribution in [2.24, 2.45) is 5.73 Å². The summed E-state index contributed by atoms with van der Waals surface area (Å²) < 4.78 is 2.06. The highest BCUT2D eigenvalue weighted by Crippen LogP contribution is 2.07.